The molecule has 0 spiro atoms. The average Bonchev–Trinajstić information content (AvgIpc) is 3.05. The first-order valence-corrected chi connectivity index (χ1v) is 9.92. The van der Waals surface area contributed by atoms with Crippen molar-refractivity contribution in [3.05, 3.63) is 0 Å². The molecule has 146 valence electrons. The van der Waals surface area contributed by atoms with Crippen molar-refractivity contribution in [2.75, 3.05) is 6.79 Å². The Kier molecular flexibility index (Phi) is 4.14. The van der Waals surface area contributed by atoms with E-state index in [-0.39, 0.29) is 43.2 Å². The molecule has 5 rings (SSSR count). The summed E-state index contributed by atoms with van der Waals surface area (Å²) in [6.07, 6.45) is -0.638. The molecule has 7 heteroatoms. The Hall–Kier alpha value is -0.660. The molecule has 0 N–H and O–H groups in total. The van der Waals surface area contributed by atoms with Gasteiger partial charge in [-0.3, -0.25) is 4.79 Å². The van der Waals surface area contributed by atoms with Crippen LogP contribution in [-0.2, 0) is 19.0 Å². The van der Waals surface area contributed by atoms with Crippen molar-refractivity contribution < 1.29 is 32.2 Å². The number of hydrogen-bond donors (Lipinski definition) is 0. The highest BCUT2D eigenvalue weighted by molar-refractivity contribution is 5.86. The third kappa shape index (κ3) is 2.65. The minimum Gasteiger partial charge on any atom is -0.373 e. The maximum absolute atomic E-state index is 13.6. The van der Waals surface area contributed by atoms with Crippen LogP contribution in [0, 0.1) is 29.6 Å². The summed E-state index contributed by atoms with van der Waals surface area (Å²) in [7, 11) is 0. The maximum Gasteiger partial charge on any atom is 0.392 e. The molecule has 2 heterocycles. The Morgan fingerprint density at radius 2 is 1.58 bits per heavy atom. The average molecular weight is 374 g/mol. The van der Waals surface area contributed by atoms with Crippen LogP contribution in [0.3, 0.4) is 0 Å². The summed E-state index contributed by atoms with van der Waals surface area (Å²) in [5.74, 6) is -2.74. The van der Waals surface area contributed by atoms with Gasteiger partial charge in [0.25, 0.3) is 0 Å². The van der Waals surface area contributed by atoms with Crippen molar-refractivity contribution in [3.8, 4) is 0 Å². The minimum absolute atomic E-state index is 0.0229. The van der Waals surface area contributed by atoms with Gasteiger partial charge in [0.2, 0.25) is 0 Å². The highest BCUT2D eigenvalue weighted by atomic mass is 19.4. The van der Waals surface area contributed by atoms with Gasteiger partial charge in [-0.2, -0.15) is 13.2 Å². The van der Waals surface area contributed by atoms with Gasteiger partial charge in [0.05, 0.1) is 36.3 Å². The Balaban J connectivity index is 1.43. The van der Waals surface area contributed by atoms with Crippen LogP contribution in [0.4, 0.5) is 13.2 Å². The van der Waals surface area contributed by atoms with E-state index in [4.69, 9.17) is 14.2 Å². The SMILES string of the molecule is O=C1C2C(CCC3CC4OCOC4CC32)OC2CCCC(C(F)(F)F)C12. The number of ether oxygens (including phenoxy) is 3. The molecular weight excluding hydrogens is 349 g/mol. The molecular formula is C19H25F3O4. The fourth-order valence-electron chi connectivity index (χ4n) is 6.46. The van der Waals surface area contributed by atoms with Crippen LogP contribution >= 0.6 is 0 Å². The Morgan fingerprint density at radius 1 is 0.846 bits per heavy atom. The molecule has 0 aromatic carbocycles. The number of carbonyl (C=O) groups excluding carboxylic acids is 1. The van der Waals surface area contributed by atoms with Crippen LogP contribution in [0.5, 0.6) is 0 Å². The van der Waals surface area contributed by atoms with Crippen LogP contribution in [0.15, 0.2) is 0 Å². The van der Waals surface area contributed by atoms with Crippen molar-refractivity contribution in [1.29, 1.82) is 0 Å². The summed E-state index contributed by atoms with van der Waals surface area (Å²) in [6.45, 7) is 0.286. The number of ketones is 1. The molecule has 9 atom stereocenters. The lowest BCUT2D eigenvalue weighted by atomic mass is 9.57. The van der Waals surface area contributed by atoms with Crippen molar-refractivity contribution >= 4 is 5.78 Å². The van der Waals surface area contributed by atoms with Gasteiger partial charge < -0.3 is 14.2 Å². The third-order valence-electron chi connectivity index (χ3n) is 7.57. The number of rotatable bonds is 0. The number of halogens is 3. The van der Waals surface area contributed by atoms with Gasteiger partial charge in [-0.25, -0.2) is 0 Å². The molecule has 2 aliphatic heterocycles. The van der Waals surface area contributed by atoms with E-state index >= 15 is 0 Å². The normalized spacial score (nSPS) is 51.2. The molecule has 0 aromatic heterocycles. The topological polar surface area (TPSA) is 44.8 Å². The molecule has 2 saturated heterocycles. The van der Waals surface area contributed by atoms with Gasteiger partial charge in [0.1, 0.15) is 12.6 Å². The minimum atomic E-state index is -4.33. The number of fused-ring (bicyclic) bond motifs is 5. The first-order chi connectivity index (χ1) is 12.4. The lowest BCUT2D eigenvalue weighted by Crippen LogP contribution is -2.60. The van der Waals surface area contributed by atoms with E-state index in [1.54, 1.807) is 0 Å². The highest BCUT2D eigenvalue weighted by Crippen LogP contribution is 2.54. The van der Waals surface area contributed by atoms with Crippen LogP contribution in [-0.4, -0.2) is 43.2 Å². The second kappa shape index (κ2) is 6.17. The van der Waals surface area contributed by atoms with E-state index < -0.39 is 30.0 Å². The summed E-state index contributed by atoms with van der Waals surface area (Å²) in [4.78, 5) is 13.3. The van der Waals surface area contributed by atoms with E-state index in [0.717, 1.165) is 19.3 Å². The molecule has 0 aromatic rings. The van der Waals surface area contributed by atoms with Gasteiger partial charge in [-0.05, 0) is 50.4 Å². The zero-order valence-electron chi connectivity index (χ0n) is 14.6. The Bertz CT molecular complexity index is 580. The molecule has 9 unspecified atom stereocenters. The van der Waals surface area contributed by atoms with E-state index in [2.05, 4.69) is 0 Å². The molecule has 3 aliphatic carbocycles. The van der Waals surface area contributed by atoms with Crippen molar-refractivity contribution in [1.82, 2.24) is 0 Å². The molecule has 5 aliphatic rings. The lowest BCUT2D eigenvalue weighted by molar-refractivity contribution is -0.238. The summed E-state index contributed by atoms with van der Waals surface area (Å²) in [6, 6.07) is 0. The molecule has 26 heavy (non-hydrogen) atoms. The number of carbonyl (C=O) groups is 1. The van der Waals surface area contributed by atoms with Crippen LogP contribution in [0.1, 0.15) is 44.9 Å². The highest BCUT2D eigenvalue weighted by Gasteiger charge is 2.60. The van der Waals surface area contributed by atoms with E-state index in [1.807, 2.05) is 0 Å². The van der Waals surface area contributed by atoms with Crippen molar-refractivity contribution in [2.24, 2.45) is 29.6 Å². The Morgan fingerprint density at radius 3 is 2.35 bits per heavy atom. The number of alkyl halides is 3. The molecule has 4 nitrogen and oxygen atoms in total. The van der Waals surface area contributed by atoms with Gasteiger partial charge in [-0.15, -0.1) is 0 Å². The second-order valence-corrected chi connectivity index (χ2v) is 8.75. The fourth-order valence-corrected chi connectivity index (χ4v) is 6.46. The second-order valence-electron chi connectivity index (χ2n) is 8.75. The van der Waals surface area contributed by atoms with Crippen LogP contribution in [0.2, 0.25) is 0 Å². The monoisotopic (exact) mass is 374 g/mol. The number of hydrogen-bond acceptors (Lipinski definition) is 4. The number of Topliss-reactive ketones (excluding diaryl/α,β-unsaturated/α-hetero) is 1. The smallest absolute Gasteiger partial charge is 0.373 e. The zero-order valence-corrected chi connectivity index (χ0v) is 14.6. The van der Waals surface area contributed by atoms with Gasteiger partial charge >= 0.3 is 6.18 Å². The quantitative estimate of drug-likeness (QED) is 0.651. The molecule has 0 radical (unpaired) electrons. The summed E-state index contributed by atoms with van der Waals surface area (Å²) in [5.41, 5.74) is 0. The molecule has 3 saturated carbocycles. The Labute approximate surface area is 150 Å². The van der Waals surface area contributed by atoms with Crippen molar-refractivity contribution in [2.45, 2.75) is 75.5 Å². The molecule has 0 amide bonds. The first-order valence-electron chi connectivity index (χ1n) is 9.92. The fraction of sp³-hybridized carbons (Fsp3) is 0.947. The van der Waals surface area contributed by atoms with E-state index in [0.29, 0.717) is 25.2 Å². The van der Waals surface area contributed by atoms with Crippen LogP contribution < -0.4 is 0 Å². The van der Waals surface area contributed by atoms with Crippen LogP contribution in [0.25, 0.3) is 0 Å². The molecule has 5 fully saturated rings. The largest absolute Gasteiger partial charge is 0.392 e. The van der Waals surface area contributed by atoms with Gasteiger partial charge in [0, 0.05) is 5.92 Å². The zero-order chi connectivity index (χ0) is 18.1. The van der Waals surface area contributed by atoms with Gasteiger partial charge in [-0.1, -0.05) is 6.42 Å². The lowest BCUT2D eigenvalue weighted by Gasteiger charge is -2.53. The standard InChI is InChI=1S/C19H25F3O4/c20-19(21,22)11-2-1-3-12-17(11)18(23)16-10-7-15-14(24-8-25-15)6-9(10)4-5-13(16)26-12/h9-17H,1-8H2. The summed E-state index contributed by atoms with van der Waals surface area (Å²) in [5, 5.41) is 0. The maximum atomic E-state index is 13.6. The van der Waals surface area contributed by atoms with Crippen molar-refractivity contribution in [3.63, 3.8) is 0 Å². The first kappa shape index (κ1) is 17.4. The van der Waals surface area contributed by atoms with E-state index in [1.165, 1.54) is 0 Å². The summed E-state index contributed by atoms with van der Waals surface area (Å²) < 4.78 is 58.2. The predicted molar refractivity (Wildman–Crippen MR) is 84.1 cm³/mol. The summed E-state index contributed by atoms with van der Waals surface area (Å²) >= 11 is 0. The molecule has 0 bridgehead atoms. The third-order valence-corrected chi connectivity index (χ3v) is 7.57. The predicted octanol–water partition coefficient (Wildman–Crippen LogP) is 3.48. The van der Waals surface area contributed by atoms with E-state index in [9.17, 15) is 18.0 Å². The van der Waals surface area contributed by atoms with Gasteiger partial charge in [0.15, 0.2) is 0 Å².